The fraction of sp³-hybridized carbons (Fsp3) is 0. The molecule has 1 N–H and O–H groups in total. The largest absolute Gasteiger partial charge is 0.391 e. The van der Waals surface area contributed by atoms with Gasteiger partial charge in [-0.1, -0.05) is 0 Å². The second-order valence-corrected chi connectivity index (χ2v) is 2.14. The average molecular weight is 160 g/mol. The van der Waals surface area contributed by atoms with Gasteiger partial charge in [-0.2, -0.15) is 0 Å². The number of aromatic nitrogens is 2. The monoisotopic (exact) mass is 160 g/mol. The highest BCUT2D eigenvalue weighted by molar-refractivity contribution is 7.32. The van der Waals surface area contributed by atoms with E-state index in [4.69, 9.17) is 4.89 Å². The summed E-state index contributed by atoms with van der Waals surface area (Å²) in [5.41, 5.74) is 0. The van der Waals surface area contributed by atoms with Crippen LogP contribution in [0.3, 0.4) is 0 Å². The molecule has 0 spiro atoms. The highest BCUT2D eigenvalue weighted by atomic mass is 31.1. The average Bonchev–Trinajstić information content (AvgIpc) is 1.88. The van der Waals surface area contributed by atoms with Gasteiger partial charge >= 0.3 is 14.3 Å². The molecule has 0 fully saturated rings. The molecule has 0 aromatic carbocycles. The zero-order valence-corrected chi connectivity index (χ0v) is 5.89. The quantitative estimate of drug-likeness (QED) is 0.627. The number of hydrogen-bond acceptors (Lipinski definition) is 4. The summed E-state index contributed by atoms with van der Waals surface area (Å²) < 4.78 is 14.3. The molecule has 0 saturated carbocycles. The van der Waals surface area contributed by atoms with Crippen LogP contribution in [0, 0.1) is 0 Å². The van der Waals surface area contributed by atoms with Gasteiger partial charge in [-0.05, 0) is 6.07 Å². The van der Waals surface area contributed by atoms with Crippen molar-refractivity contribution in [3.05, 3.63) is 18.5 Å². The molecule has 1 unspecified atom stereocenters. The van der Waals surface area contributed by atoms with E-state index in [9.17, 15) is 4.57 Å². The first-order valence-corrected chi connectivity index (χ1v) is 3.73. The summed E-state index contributed by atoms with van der Waals surface area (Å²) in [5.74, 6) is 0. The fourth-order valence-corrected chi connectivity index (χ4v) is 0.678. The van der Waals surface area contributed by atoms with E-state index in [0.29, 0.717) is 0 Å². The van der Waals surface area contributed by atoms with E-state index in [1.165, 1.54) is 12.4 Å². The predicted octanol–water partition coefficient (Wildman–Crippen LogP) is 0.237. The second-order valence-electron chi connectivity index (χ2n) is 1.40. The molecule has 6 heteroatoms. The first-order valence-electron chi connectivity index (χ1n) is 2.47. The number of rotatable bonds is 2. The molecular formula is C4H5N2O3P. The van der Waals surface area contributed by atoms with Crippen molar-refractivity contribution in [2.45, 2.75) is 0 Å². The number of hydrogen-bond donors (Lipinski definition) is 1. The van der Waals surface area contributed by atoms with Crippen LogP contribution in [0.15, 0.2) is 18.5 Å². The summed E-state index contributed by atoms with van der Waals surface area (Å²) in [4.78, 5) is 15.4. The van der Waals surface area contributed by atoms with Crippen molar-refractivity contribution in [1.82, 2.24) is 9.97 Å². The van der Waals surface area contributed by atoms with Crippen molar-refractivity contribution < 1.29 is 14.0 Å². The Kier molecular flexibility index (Phi) is 2.36. The first kappa shape index (κ1) is 7.18. The lowest BCUT2D eigenvalue weighted by molar-refractivity contribution is 0.396. The van der Waals surface area contributed by atoms with Crippen LogP contribution in [-0.4, -0.2) is 14.9 Å². The highest BCUT2D eigenvalue weighted by Gasteiger charge is 1.95. The molecule has 1 heterocycles. The molecular weight excluding hydrogens is 155 g/mol. The zero-order valence-electron chi connectivity index (χ0n) is 4.89. The Morgan fingerprint density at radius 3 is 2.60 bits per heavy atom. The minimum Gasteiger partial charge on any atom is -0.391 e. The first-order chi connectivity index (χ1) is 4.79. The van der Waals surface area contributed by atoms with Crippen LogP contribution in [0.25, 0.3) is 0 Å². The molecule has 0 aliphatic heterocycles. The minimum absolute atomic E-state index is 0.0751. The number of nitrogens with zero attached hydrogens (tertiary/aromatic N) is 2. The molecule has 0 bridgehead atoms. The Hall–Kier alpha value is -0.930. The van der Waals surface area contributed by atoms with E-state index in [1.807, 2.05) is 0 Å². The predicted molar refractivity (Wildman–Crippen MR) is 33.9 cm³/mol. The van der Waals surface area contributed by atoms with Crippen molar-refractivity contribution in [3.63, 3.8) is 0 Å². The standard InChI is InChI=1S/C4H5N2O3P/c7-10(8)9-4-5-2-1-3-6-4/h1-3,10H,(H,7,8). The van der Waals surface area contributed by atoms with Crippen molar-refractivity contribution >= 4 is 8.25 Å². The van der Waals surface area contributed by atoms with Crippen LogP contribution in [0.5, 0.6) is 6.01 Å². The topological polar surface area (TPSA) is 72.3 Å². The van der Waals surface area contributed by atoms with E-state index in [-0.39, 0.29) is 6.01 Å². The lowest BCUT2D eigenvalue weighted by Gasteiger charge is -1.95. The Bertz CT molecular complexity index is 227. The van der Waals surface area contributed by atoms with Crippen LogP contribution in [-0.2, 0) is 4.57 Å². The van der Waals surface area contributed by atoms with Crippen molar-refractivity contribution in [2.75, 3.05) is 0 Å². The van der Waals surface area contributed by atoms with E-state index >= 15 is 0 Å². The van der Waals surface area contributed by atoms with E-state index in [1.54, 1.807) is 6.07 Å². The van der Waals surface area contributed by atoms with Gasteiger partial charge in [0.05, 0.1) is 0 Å². The maximum absolute atomic E-state index is 10.1. The molecule has 1 aromatic heterocycles. The summed E-state index contributed by atoms with van der Waals surface area (Å²) in [5, 5.41) is 0. The minimum atomic E-state index is -2.96. The van der Waals surface area contributed by atoms with E-state index in [0.717, 1.165) is 0 Å². The van der Waals surface area contributed by atoms with Crippen LogP contribution < -0.4 is 4.52 Å². The van der Waals surface area contributed by atoms with Gasteiger partial charge < -0.3 is 9.42 Å². The van der Waals surface area contributed by atoms with Gasteiger partial charge in [0.2, 0.25) is 0 Å². The maximum Gasteiger partial charge on any atom is 0.367 e. The van der Waals surface area contributed by atoms with Crippen LogP contribution in [0.1, 0.15) is 0 Å². The molecule has 54 valence electrons. The lowest BCUT2D eigenvalue weighted by atomic mass is 10.7. The van der Waals surface area contributed by atoms with Crippen LogP contribution >= 0.6 is 8.25 Å². The third kappa shape index (κ3) is 2.13. The third-order valence-electron chi connectivity index (χ3n) is 0.721. The van der Waals surface area contributed by atoms with Crippen molar-refractivity contribution in [1.29, 1.82) is 0 Å². The SMILES string of the molecule is O=[PH](O)Oc1ncccn1. The lowest BCUT2D eigenvalue weighted by Crippen LogP contribution is -1.86. The molecule has 0 amide bonds. The van der Waals surface area contributed by atoms with Gasteiger partial charge in [0.25, 0.3) is 0 Å². The van der Waals surface area contributed by atoms with Gasteiger partial charge in [0.15, 0.2) is 0 Å². The van der Waals surface area contributed by atoms with E-state index in [2.05, 4.69) is 14.5 Å². The molecule has 1 rings (SSSR count). The molecule has 5 nitrogen and oxygen atoms in total. The summed E-state index contributed by atoms with van der Waals surface area (Å²) >= 11 is 0. The van der Waals surface area contributed by atoms with Gasteiger partial charge in [-0.3, -0.25) is 0 Å². The van der Waals surface area contributed by atoms with E-state index < -0.39 is 8.25 Å². The van der Waals surface area contributed by atoms with Gasteiger partial charge in [-0.25, -0.2) is 14.5 Å². The van der Waals surface area contributed by atoms with Crippen molar-refractivity contribution in [2.24, 2.45) is 0 Å². The normalized spacial score (nSPS) is 12.5. The molecule has 0 aliphatic carbocycles. The zero-order chi connectivity index (χ0) is 7.40. The Morgan fingerprint density at radius 2 is 2.10 bits per heavy atom. The van der Waals surface area contributed by atoms with Crippen LogP contribution in [0.4, 0.5) is 0 Å². The van der Waals surface area contributed by atoms with Crippen LogP contribution in [0.2, 0.25) is 0 Å². The fourth-order valence-electron chi connectivity index (χ4n) is 0.416. The molecule has 1 atom stereocenters. The summed E-state index contributed by atoms with van der Waals surface area (Å²) in [7, 11) is -2.96. The Balaban J connectivity index is 2.67. The summed E-state index contributed by atoms with van der Waals surface area (Å²) in [6.45, 7) is 0. The summed E-state index contributed by atoms with van der Waals surface area (Å²) in [6, 6.07) is 1.51. The molecule has 0 saturated heterocycles. The smallest absolute Gasteiger partial charge is 0.367 e. The molecule has 10 heavy (non-hydrogen) atoms. The molecule has 0 aliphatic rings. The third-order valence-corrected chi connectivity index (χ3v) is 1.08. The summed E-state index contributed by atoms with van der Waals surface area (Å²) in [6.07, 6.45) is 2.85. The van der Waals surface area contributed by atoms with Gasteiger partial charge in [-0.15, -0.1) is 0 Å². The Labute approximate surface area is 57.7 Å². The van der Waals surface area contributed by atoms with Crippen molar-refractivity contribution in [3.8, 4) is 6.01 Å². The molecule has 0 radical (unpaired) electrons. The highest BCUT2D eigenvalue weighted by Crippen LogP contribution is 2.16. The van der Waals surface area contributed by atoms with Gasteiger partial charge in [0, 0.05) is 12.4 Å². The maximum atomic E-state index is 10.1. The Morgan fingerprint density at radius 1 is 1.50 bits per heavy atom. The molecule has 1 aromatic rings. The van der Waals surface area contributed by atoms with Gasteiger partial charge in [0.1, 0.15) is 0 Å². The second kappa shape index (κ2) is 3.29.